The topological polar surface area (TPSA) is 92.9 Å². The minimum Gasteiger partial charge on any atom is -0.408 e. The number of carbonyl (C=O) groups is 1. The van der Waals surface area contributed by atoms with E-state index < -0.39 is 5.76 Å². The summed E-state index contributed by atoms with van der Waals surface area (Å²) in [6.45, 7) is 0.343. The van der Waals surface area contributed by atoms with E-state index in [2.05, 4.69) is 15.5 Å². The van der Waals surface area contributed by atoms with Gasteiger partial charge in [0.25, 0.3) is 0 Å². The van der Waals surface area contributed by atoms with Crippen molar-refractivity contribution in [2.45, 2.75) is 18.9 Å². The number of carbonyl (C=O) groups excluding carboxylic acids is 1. The number of anilines is 1. The van der Waals surface area contributed by atoms with E-state index in [0.717, 1.165) is 22.3 Å². The summed E-state index contributed by atoms with van der Waals surface area (Å²) in [5.74, 6) is -0.203. The molecule has 1 atom stereocenters. The maximum Gasteiger partial charge on any atom is 0.419 e. The van der Waals surface area contributed by atoms with Gasteiger partial charge in [-0.15, -0.1) is 0 Å². The lowest BCUT2D eigenvalue weighted by molar-refractivity contribution is -0.116. The molecule has 2 N–H and O–H groups in total. The monoisotopic (exact) mass is 360 g/mol. The van der Waals surface area contributed by atoms with E-state index in [1.54, 1.807) is 10.6 Å². The third-order valence-corrected chi connectivity index (χ3v) is 4.94. The van der Waals surface area contributed by atoms with Crippen molar-refractivity contribution in [2.24, 2.45) is 0 Å². The molecular formula is C20H16N4O3. The van der Waals surface area contributed by atoms with Gasteiger partial charge >= 0.3 is 5.76 Å². The lowest BCUT2D eigenvalue weighted by atomic mass is 9.89. The molecule has 4 aromatic rings. The number of oxazole rings is 1. The number of aromatic amines is 1. The first kappa shape index (κ1) is 15.6. The molecule has 27 heavy (non-hydrogen) atoms. The fraction of sp³-hybridized carbons (Fsp3) is 0.150. The zero-order valence-corrected chi connectivity index (χ0v) is 14.3. The lowest BCUT2D eigenvalue weighted by Gasteiger charge is -2.23. The van der Waals surface area contributed by atoms with Gasteiger partial charge in [0.15, 0.2) is 11.4 Å². The molecule has 1 aliphatic rings. The maximum atomic E-state index is 12.4. The SMILES string of the molecule is O=C1C[C@H](Cn2c(=O)oc3ccccc32)c2c(n[nH]c2-c2ccccc2)N1. The number of amides is 1. The summed E-state index contributed by atoms with van der Waals surface area (Å²) < 4.78 is 6.92. The van der Waals surface area contributed by atoms with Gasteiger partial charge in [0.1, 0.15) is 0 Å². The quantitative estimate of drug-likeness (QED) is 0.587. The first-order valence-electron chi connectivity index (χ1n) is 8.72. The second-order valence-electron chi connectivity index (χ2n) is 6.62. The molecule has 2 aromatic heterocycles. The van der Waals surface area contributed by atoms with Gasteiger partial charge < -0.3 is 9.73 Å². The van der Waals surface area contributed by atoms with Gasteiger partial charge in [0, 0.05) is 24.4 Å². The number of hydrogen-bond acceptors (Lipinski definition) is 4. The Morgan fingerprint density at radius 3 is 2.70 bits per heavy atom. The minimum atomic E-state index is -0.423. The number of rotatable bonds is 3. The third kappa shape index (κ3) is 2.55. The number of benzene rings is 2. The molecular weight excluding hydrogens is 344 g/mol. The number of aromatic nitrogens is 3. The van der Waals surface area contributed by atoms with Crippen molar-refractivity contribution in [1.29, 1.82) is 0 Å². The molecule has 1 aliphatic heterocycles. The van der Waals surface area contributed by atoms with E-state index in [9.17, 15) is 9.59 Å². The second-order valence-corrected chi connectivity index (χ2v) is 6.62. The fourth-order valence-corrected chi connectivity index (χ4v) is 3.74. The molecule has 7 heteroatoms. The van der Waals surface area contributed by atoms with Gasteiger partial charge in [-0.3, -0.25) is 14.5 Å². The van der Waals surface area contributed by atoms with E-state index in [1.807, 2.05) is 48.5 Å². The highest BCUT2D eigenvalue weighted by molar-refractivity contribution is 5.95. The van der Waals surface area contributed by atoms with Gasteiger partial charge in [0.2, 0.25) is 5.91 Å². The van der Waals surface area contributed by atoms with E-state index >= 15 is 0 Å². The van der Waals surface area contributed by atoms with E-state index in [1.165, 1.54) is 0 Å². The molecule has 2 aromatic carbocycles. The molecule has 3 heterocycles. The smallest absolute Gasteiger partial charge is 0.408 e. The molecule has 5 rings (SSSR count). The summed E-state index contributed by atoms with van der Waals surface area (Å²) >= 11 is 0. The van der Waals surface area contributed by atoms with Crippen LogP contribution in [0.4, 0.5) is 5.82 Å². The van der Waals surface area contributed by atoms with Crippen molar-refractivity contribution in [1.82, 2.24) is 14.8 Å². The molecule has 134 valence electrons. The van der Waals surface area contributed by atoms with Crippen molar-refractivity contribution in [3.05, 3.63) is 70.7 Å². The van der Waals surface area contributed by atoms with Crippen LogP contribution in [0.1, 0.15) is 17.9 Å². The summed E-state index contributed by atoms with van der Waals surface area (Å²) in [5, 5.41) is 10.1. The molecule has 1 amide bonds. The highest BCUT2D eigenvalue weighted by atomic mass is 16.4. The predicted octanol–water partition coefficient (Wildman–Crippen LogP) is 3.11. The van der Waals surface area contributed by atoms with Crippen LogP contribution in [0.2, 0.25) is 0 Å². The van der Waals surface area contributed by atoms with Crippen molar-refractivity contribution in [3.8, 4) is 11.3 Å². The Bertz CT molecular complexity index is 1200. The third-order valence-electron chi connectivity index (χ3n) is 4.94. The fourth-order valence-electron chi connectivity index (χ4n) is 3.74. The van der Waals surface area contributed by atoms with Crippen LogP contribution in [-0.2, 0) is 11.3 Å². The number of hydrogen-bond donors (Lipinski definition) is 2. The Morgan fingerprint density at radius 1 is 1.07 bits per heavy atom. The normalized spacial score (nSPS) is 16.3. The van der Waals surface area contributed by atoms with Crippen LogP contribution in [0, 0.1) is 0 Å². The summed E-state index contributed by atoms with van der Waals surface area (Å²) in [5.41, 5.74) is 4.02. The molecule has 0 radical (unpaired) electrons. The van der Waals surface area contributed by atoms with E-state index in [4.69, 9.17) is 4.42 Å². The number of nitrogens with one attached hydrogen (secondary N) is 2. The zero-order chi connectivity index (χ0) is 18.4. The first-order valence-corrected chi connectivity index (χ1v) is 8.72. The number of para-hydroxylation sites is 2. The Hall–Kier alpha value is -3.61. The summed E-state index contributed by atoms with van der Waals surface area (Å²) in [6.07, 6.45) is 0.276. The second kappa shape index (κ2) is 5.98. The van der Waals surface area contributed by atoms with Crippen molar-refractivity contribution in [2.75, 3.05) is 5.32 Å². The summed E-state index contributed by atoms with van der Waals surface area (Å²) in [6, 6.07) is 17.1. The van der Waals surface area contributed by atoms with Gasteiger partial charge in [-0.25, -0.2) is 4.79 Å². The molecule has 7 nitrogen and oxygen atoms in total. The van der Waals surface area contributed by atoms with Crippen LogP contribution in [0.25, 0.3) is 22.4 Å². The van der Waals surface area contributed by atoms with E-state index in [0.29, 0.717) is 17.9 Å². The average Bonchev–Trinajstić information content (AvgIpc) is 3.24. The molecule has 0 unspecified atom stereocenters. The van der Waals surface area contributed by atoms with E-state index in [-0.39, 0.29) is 18.2 Å². The van der Waals surface area contributed by atoms with Crippen LogP contribution in [-0.4, -0.2) is 20.7 Å². The van der Waals surface area contributed by atoms with Gasteiger partial charge in [-0.1, -0.05) is 42.5 Å². The highest BCUT2D eigenvalue weighted by Crippen LogP contribution is 2.39. The van der Waals surface area contributed by atoms with Crippen LogP contribution >= 0.6 is 0 Å². The number of fused-ring (bicyclic) bond motifs is 2. The van der Waals surface area contributed by atoms with Crippen molar-refractivity contribution in [3.63, 3.8) is 0 Å². The van der Waals surface area contributed by atoms with Crippen LogP contribution in [0.15, 0.2) is 63.8 Å². The van der Waals surface area contributed by atoms with Gasteiger partial charge in [-0.05, 0) is 17.7 Å². The van der Waals surface area contributed by atoms with Crippen LogP contribution in [0.5, 0.6) is 0 Å². The Kier molecular flexibility index (Phi) is 3.46. The molecule has 0 spiro atoms. The molecule has 0 fully saturated rings. The standard InChI is InChI=1S/C20H16N4O3/c25-16-10-13(11-24-14-8-4-5-9-15(14)27-20(24)26)17-18(22-23-19(17)21-16)12-6-2-1-3-7-12/h1-9,13H,10-11H2,(H2,21,22,23,25)/t13-/m1/s1. The average molecular weight is 360 g/mol. The van der Waals surface area contributed by atoms with Gasteiger partial charge in [-0.2, -0.15) is 5.10 Å². The number of H-pyrrole nitrogens is 1. The van der Waals surface area contributed by atoms with Crippen LogP contribution < -0.4 is 11.1 Å². The predicted molar refractivity (Wildman–Crippen MR) is 100 cm³/mol. The summed E-state index contributed by atoms with van der Waals surface area (Å²) in [7, 11) is 0. The largest absolute Gasteiger partial charge is 0.419 e. The molecule has 0 saturated heterocycles. The van der Waals surface area contributed by atoms with Crippen LogP contribution in [0.3, 0.4) is 0 Å². The van der Waals surface area contributed by atoms with Crippen molar-refractivity contribution >= 4 is 22.8 Å². The zero-order valence-electron chi connectivity index (χ0n) is 14.3. The highest BCUT2D eigenvalue weighted by Gasteiger charge is 2.32. The Balaban J connectivity index is 1.62. The Labute approximate surface area is 153 Å². The molecule has 0 saturated carbocycles. The summed E-state index contributed by atoms with van der Waals surface area (Å²) in [4.78, 5) is 24.6. The lowest BCUT2D eigenvalue weighted by Crippen LogP contribution is -2.27. The molecule has 0 aliphatic carbocycles. The van der Waals surface area contributed by atoms with Gasteiger partial charge in [0.05, 0.1) is 11.2 Å². The minimum absolute atomic E-state index is 0.112. The van der Waals surface area contributed by atoms with Crippen molar-refractivity contribution < 1.29 is 9.21 Å². The Morgan fingerprint density at radius 2 is 1.85 bits per heavy atom. The molecule has 0 bridgehead atoms. The maximum absolute atomic E-state index is 12.4. The number of nitrogens with zero attached hydrogens (tertiary/aromatic N) is 2. The first-order chi connectivity index (χ1) is 13.2.